The first-order valence-corrected chi connectivity index (χ1v) is 11.4. The lowest BCUT2D eigenvalue weighted by Crippen LogP contribution is -2.36. The highest BCUT2D eigenvalue weighted by atomic mass is 32.2. The maximum atomic E-state index is 12.7. The van der Waals surface area contributed by atoms with E-state index in [1.54, 1.807) is 50.2 Å². The van der Waals surface area contributed by atoms with Crippen molar-refractivity contribution in [1.29, 1.82) is 0 Å². The van der Waals surface area contributed by atoms with Gasteiger partial charge in [-0.3, -0.25) is 4.79 Å². The first-order chi connectivity index (χ1) is 14.6. The second-order valence-corrected chi connectivity index (χ2v) is 9.13. The van der Waals surface area contributed by atoms with Crippen molar-refractivity contribution < 1.29 is 22.7 Å². The fourth-order valence-corrected chi connectivity index (χ4v) is 4.50. The molecular weight excluding hydrogens is 418 g/mol. The molecule has 8 nitrogen and oxygen atoms in total. The molecule has 31 heavy (non-hydrogen) atoms. The minimum Gasteiger partial charge on any atom is -0.462 e. The van der Waals surface area contributed by atoms with Gasteiger partial charge in [0.25, 0.3) is 15.9 Å². The molecule has 2 aromatic rings. The van der Waals surface area contributed by atoms with E-state index < -0.39 is 21.9 Å². The Balaban J connectivity index is 1.85. The van der Waals surface area contributed by atoms with Crippen LogP contribution >= 0.6 is 0 Å². The number of benzene rings is 2. The molecule has 9 heteroatoms. The molecule has 164 valence electrons. The number of ether oxygens (including phenoxy) is 1. The van der Waals surface area contributed by atoms with Gasteiger partial charge < -0.3 is 15.0 Å². The molecule has 0 saturated carbocycles. The largest absolute Gasteiger partial charge is 0.462 e. The molecule has 0 fully saturated rings. The third kappa shape index (κ3) is 4.93. The molecule has 1 aliphatic heterocycles. The SMILES string of the molecule is CCOC(=O)c1ccc(NC(=O)c2ccc3c(c2)S(=O)(=O)N=C(C)N3CC(C)C)cc1. The lowest BCUT2D eigenvalue weighted by Gasteiger charge is -2.30. The summed E-state index contributed by atoms with van der Waals surface area (Å²) in [7, 11) is -3.89. The van der Waals surface area contributed by atoms with Crippen LogP contribution in [0.3, 0.4) is 0 Å². The number of sulfonamides is 1. The third-order valence-corrected chi connectivity index (χ3v) is 6.02. The molecule has 0 unspecified atom stereocenters. The summed E-state index contributed by atoms with van der Waals surface area (Å²) < 4.78 is 34.0. The van der Waals surface area contributed by atoms with Crippen molar-refractivity contribution in [3.05, 3.63) is 53.6 Å². The number of hydrogen-bond acceptors (Lipinski definition) is 6. The molecule has 0 atom stereocenters. The van der Waals surface area contributed by atoms with Crippen LogP contribution in [-0.4, -0.2) is 39.3 Å². The number of fused-ring (bicyclic) bond motifs is 1. The van der Waals surface area contributed by atoms with Gasteiger partial charge in [0.2, 0.25) is 0 Å². The van der Waals surface area contributed by atoms with Crippen LogP contribution in [0.4, 0.5) is 11.4 Å². The summed E-state index contributed by atoms with van der Waals surface area (Å²) in [5.41, 5.74) is 1.54. The molecule has 1 amide bonds. The number of anilines is 2. The van der Waals surface area contributed by atoms with Crippen LogP contribution in [0, 0.1) is 5.92 Å². The number of nitrogens with one attached hydrogen (secondary N) is 1. The van der Waals surface area contributed by atoms with Crippen molar-refractivity contribution in [2.75, 3.05) is 23.4 Å². The van der Waals surface area contributed by atoms with Crippen LogP contribution in [0.1, 0.15) is 48.4 Å². The Morgan fingerprint density at radius 2 is 1.74 bits per heavy atom. The molecule has 1 aliphatic rings. The van der Waals surface area contributed by atoms with Crippen LogP contribution in [0.5, 0.6) is 0 Å². The quantitative estimate of drug-likeness (QED) is 0.683. The zero-order chi connectivity index (χ0) is 22.8. The van der Waals surface area contributed by atoms with Gasteiger partial charge in [-0.05, 0) is 62.2 Å². The van der Waals surface area contributed by atoms with Gasteiger partial charge in [-0.1, -0.05) is 13.8 Å². The summed E-state index contributed by atoms with van der Waals surface area (Å²) >= 11 is 0. The van der Waals surface area contributed by atoms with E-state index >= 15 is 0 Å². The minimum absolute atomic E-state index is 0.00376. The molecule has 0 aromatic heterocycles. The second-order valence-electron chi connectivity index (χ2n) is 7.55. The van der Waals surface area contributed by atoms with Crippen LogP contribution in [0.15, 0.2) is 51.8 Å². The summed E-state index contributed by atoms with van der Waals surface area (Å²) in [6, 6.07) is 10.8. The van der Waals surface area contributed by atoms with E-state index in [-0.39, 0.29) is 17.1 Å². The number of rotatable bonds is 6. The number of amides is 1. The lowest BCUT2D eigenvalue weighted by molar-refractivity contribution is 0.0526. The van der Waals surface area contributed by atoms with Crippen molar-refractivity contribution >= 4 is 39.1 Å². The van der Waals surface area contributed by atoms with Gasteiger partial charge in [0.15, 0.2) is 0 Å². The first kappa shape index (κ1) is 22.5. The maximum Gasteiger partial charge on any atom is 0.338 e. The van der Waals surface area contributed by atoms with Gasteiger partial charge in [0.1, 0.15) is 10.7 Å². The number of amidine groups is 1. The van der Waals surface area contributed by atoms with E-state index in [4.69, 9.17) is 4.74 Å². The van der Waals surface area contributed by atoms with Gasteiger partial charge in [-0.2, -0.15) is 8.42 Å². The predicted octanol–water partition coefficient (Wildman–Crippen LogP) is 3.70. The Kier molecular flexibility index (Phi) is 6.45. The molecule has 1 N–H and O–H groups in total. The van der Waals surface area contributed by atoms with E-state index in [9.17, 15) is 18.0 Å². The molecule has 0 bridgehead atoms. The molecule has 0 spiro atoms. The van der Waals surface area contributed by atoms with Gasteiger partial charge in [0.05, 0.1) is 17.9 Å². The van der Waals surface area contributed by atoms with Gasteiger partial charge in [0, 0.05) is 17.8 Å². The van der Waals surface area contributed by atoms with Crippen LogP contribution < -0.4 is 10.2 Å². The Hall–Kier alpha value is -3.20. The summed E-state index contributed by atoms with van der Waals surface area (Å²) in [6.45, 7) is 8.33. The van der Waals surface area contributed by atoms with E-state index in [0.29, 0.717) is 35.2 Å². The molecule has 0 saturated heterocycles. The summed E-state index contributed by atoms with van der Waals surface area (Å²) in [6.07, 6.45) is 0. The average Bonchev–Trinajstić information content (AvgIpc) is 2.71. The minimum atomic E-state index is -3.89. The number of esters is 1. The molecule has 3 rings (SSSR count). The normalized spacial score (nSPS) is 14.6. The Morgan fingerprint density at radius 3 is 2.35 bits per heavy atom. The fourth-order valence-electron chi connectivity index (χ4n) is 3.23. The van der Waals surface area contributed by atoms with E-state index in [2.05, 4.69) is 9.71 Å². The highest BCUT2D eigenvalue weighted by Crippen LogP contribution is 2.33. The zero-order valence-corrected chi connectivity index (χ0v) is 18.7. The van der Waals surface area contributed by atoms with E-state index in [0.717, 1.165) is 0 Å². The first-order valence-electron chi connectivity index (χ1n) is 9.94. The summed E-state index contributed by atoms with van der Waals surface area (Å²) in [5, 5.41) is 2.71. The van der Waals surface area contributed by atoms with Crippen LogP contribution in [-0.2, 0) is 14.8 Å². The molecule has 2 aromatic carbocycles. The van der Waals surface area contributed by atoms with Crippen molar-refractivity contribution in [3.8, 4) is 0 Å². The van der Waals surface area contributed by atoms with Crippen molar-refractivity contribution in [1.82, 2.24) is 0 Å². The second kappa shape index (κ2) is 8.89. The Labute approximate surface area is 182 Å². The maximum absolute atomic E-state index is 12.7. The van der Waals surface area contributed by atoms with Crippen LogP contribution in [0.25, 0.3) is 0 Å². The van der Waals surface area contributed by atoms with Crippen molar-refractivity contribution in [3.63, 3.8) is 0 Å². The van der Waals surface area contributed by atoms with E-state index in [1.165, 1.54) is 6.07 Å². The summed E-state index contributed by atoms with van der Waals surface area (Å²) in [4.78, 5) is 26.3. The van der Waals surface area contributed by atoms with Gasteiger partial charge in [-0.15, -0.1) is 4.40 Å². The van der Waals surface area contributed by atoms with Crippen LogP contribution in [0.2, 0.25) is 0 Å². The molecular formula is C22H25N3O5S. The number of carbonyl (C=O) groups is 2. The fraction of sp³-hybridized carbons (Fsp3) is 0.318. The van der Waals surface area contributed by atoms with Gasteiger partial charge >= 0.3 is 5.97 Å². The van der Waals surface area contributed by atoms with Crippen molar-refractivity contribution in [2.24, 2.45) is 10.3 Å². The van der Waals surface area contributed by atoms with Crippen molar-refractivity contribution in [2.45, 2.75) is 32.6 Å². The highest BCUT2D eigenvalue weighted by molar-refractivity contribution is 7.90. The third-order valence-electron chi connectivity index (χ3n) is 4.64. The predicted molar refractivity (Wildman–Crippen MR) is 119 cm³/mol. The summed E-state index contributed by atoms with van der Waals surface area (Å²) in [5.74, 6) is -0.218. The Morgan fingerprint density at radius 1 is 1.10 bits per heavy atom. The van der Waals surface area contributed by atoms with Gasteiger partial charge in [-0.25, -0.2) is 4.79 Å². The zero-order valence-electron chi connectivity index (χ0n) is 17.9. The lowest BCUT2D eigenvalue weighted by atomic mass is 10.1. The molecule has 0 radical (unpaired) electrons. The monoisotopic (exact) mass is 443 g/mol. The number of carbonyl (C=O) groups excluding carboxylic acids is 2. The Bertz CT molecular complexity index is 1140. The molecule has 1 heterocycles. The number of hydrogen-bond donors (Lipinski definition) is 1. The standard InChI is InChI=1S/C22H25N3O5S/c1-5-30-22(27)16-6-9-18(10-7-16)23-21(26)17-8-11-19-20(12-17)31(28,29)24-15(4)25(19)13-14(2)3/h6-12,14H,5,13H2,1-4H3,(H,23,26). The number of nitrogens with zero attached hydrogens (tertiary/aromatic N) is 2. The van der Waals surface area contributed by atoms with E-state index in [1.807, 2.05) is 18.7 Å². The average molecular weight is 444 g/mol. The molecule has 0 aliphatic carbocycles. The smallest absolute Gasteiger partial charge is 0.338 e. The topological polar surface area (TPSA) is 105 Å². The highest BCUT2D eigenvalue weighted by Gasteiger charge is 2.30.